The van der Waals surface area contributed by atoms with E-state index in [0.29, 0.717) is 30.8 Å². The Bertz CT molecular complexity index is 1880. The molecule has 0 aliphatic carbocycles. The summed E-state index contributed by atoms with van der Waals surface area (Å²) in [6.45, 7) is 5.67. The molecule has 0 radical (unpaired) electrons. The number of carbonyl (C=O) groups is 1. The van der Waals surface area contributed by atoms with Crippen molar-refractivity contribution in [1.29, 1.82) is 5.26 Å². The molecular weight excluding hydrogens is 614 g/mol. The number of aromatic nitrogens is 3. The number of fused-ring (bicyclic) bond motifs is 2. The Labute approximate surface area is 268 Å². The predicted octanol–water partition coefficient (Wildman–Crippen LogP) is 4.35. The lowest BCUT2D eigenvalue weighted by molar-refractivity contribution is -0.127. The van der Waals surface area contributed by atoms with Crippen molar-refractivity contribution in [3.63, 3.8) is 0 Å². The molecular formula is C32H34F2N8O3S. The average Bonchev–Trinajstić information content (AvgIpc) is 3.76. The van der Waals surface area contributed by atoms with Crippen LogP contribution in [0.4, 0.5) is 19.6 Å². The van der Waals surface area contributed by atoms with Gasteiger partial charge >= 0.3 is 6.01 Å². The Kier molecular flexibility index (Phi) is 8.73. The minimum absolute atomic E-state index is 0.00671. The second-order valence-electron chi connectivity index (χ2n) is 11.6. The maximum atomic E-state index is 16.7. The van der Waals surface area contributed by atoms with Crippen LogP contribution in [0.25, 0.3) is 32.2 Å². The van der Waals surface area contributed by atoms with Crippen LogP contribution in [-0.4, -0.2) is 96.3 Å². The second-order valence-corrected chi connectivity index (χ2v) is 12.6. The number of benzene rings is 1. The van der Waals surface area contributed by atoms with E-state index in [1.54, 1.807) is 12.0 Å². The van der Waals surface area contributed by atoms with Gasteiger partial charge in [0.1, 0.15) is 40.5 Å². The first-order valence-electron chi connectivity index (χ1n) is 14.9. The highest BCUT2D eigenvalue weighted by Crippen LogP contribution is 2.42. The fraction of sp³-hybridized carbons (Fsp3) is 0.406. The highest BCUT2D eigenvalue weighted by atomic mass is 32.1. The summed E-state index contributed by atoms with van der Waals surface area (Å²) in [5, 5.41) is 10.5. The zero-order valence-corrected chi connectivity index (χ0v) is 26.6. The van der Waals surface area contributed by atoms with Gasteiger partial charge in [-0.05, 0) is 51.1 Å². The standard InChI is InChI=1S/C32H34F2N8O3S/c1-5-24(43)42-12-10-22(23(42)16-44-4)41(3)31-20-14-37-27(18-8-9-21(33)29-25(18)19(13-35)30(36)46-29)26(34)28(20)38-32(39-31)45-15-17-7-6-11-40(17)2/h5,8-9,14,17,22-23H,1,6-7,10-12,15-16,36H2,2-4H3/t17-,22+,23+/m0/s1. The number of hydrogen-bond acceptors (Lipinski definition) is 11. The summed E-state index contributed by atoms with van der Waals surface area (Å²) >= 11 is 0.927. The maximum Gasteiger partial charge on any atom is 0.319 e. The smallest absolute Gasteiger partial charge is 0.319 e. The van der Waals surface area contributed by atoms with Gasteiger partial charge < -0.3 is 29.9 Å². The number of anilines is 2. The lowest BCUT2D eigenvalue weighted by atomic mass is 10.0. The number of methoxy groups -OCH3 is 1. The molecule has 240 valence electrons. The van der Waals surface area contributed by atoms with Crippen molar-refractivity contribution in [2.45, 2.75) is 37.4 Å². The highest BCUT2D eigenvalue weighted by Gasteiger charge is 2.40. The number of amides is 1. The molecule has 1 amide bonds. The van der Waals surface area contributed by atoms with E-state index in [0.717, 1.165) is 30.7 Å². The third-order valence-corrected chi connectivity index (χ3v) is 10.1. The molecule has 14 heteroatoms. The van der Waals surface area contributed by atoms with E-state index in [2.05, 4.69) is 21.4 Å². The van der Waals surface area contributed by atoms with Gasteiger partial charge in [-0.3, -0.25) is 9.78 Å². The molecule has 3 aromatic heterocycles. The highest BCUT2D eigenvalue weighted by molar-refractivity contribution is 7.23. The number of nitriles is 1. The van der Waals surface area contributed by atoms with E-state index in [-0.39, 0.29) is 74.1 Å². The third kappa shape index (κ3) is 5.38. The van der Waals surface area contributed by atoms with E-state index in [1.807, 2.05) is 25.1 Å². The van der Waals surface area contributed by atoms with Crippen molar-refractivity contribution >= 4 is 49.1 Å². The quantitative estimate of drug-likeness (QED) is 0.261. The van der Waals surface area contributed by atoms with Crippen LogP contribution in [0.3, 0.4) is 0 Å². The second kappa shape index (κ2) is 12.7. The SMILES string of the molecule is C=CC(=O)N1CC[C@@H](N(C)c2nc(OC[C@@H]3CCCN3C)nc3c(F)c(-c4ccc(F)c5sc(N)c(C#N)c45)ncc23)[C@H]1COC. The number of likely N-dealkylation sites (tertiary alicyclic amines) is 2. The van der Waals surface area contributed by atoms with Crippen molar-refractivity contribution in [2.24, 2.45) is 0 Å². The molecule has 6 rings (SSSR count). The van der Waals surface area contributed by atoms with Crippen LogP contribution in [0.1, 0.15) is 24.8 Å². The molecule has 5 heterocycles. The summed E-state index contributed by atoms with van der Waals surface area (Å²) in [5.74, 6) is -1.17. The van der Waals surface area contributed by atoms with Gasteiger partial charge in [0.05, 0.1) is 34.3 Å². The molecule has 46 heavy (non-hydrogen) atoms. The van der Waals surface area contributed by atoms with Crippen LogP contribution < -0.4 is 15.4 Å². The van der Waals surface area contributed by atoms with Crippen molar-refractivity contribution in [3.8, 4) is 23.3 Å². The predicted molar refractivity (Wildman–Crippen MR) is 173 cm³/mol. The van der Waals surface area contributed by atoms with Gasteiger partial charge in [-0.15, -0.1) is 11.3 Å². The van der Waals surface area contributed by atoms with Gasteiger partial charge in [0.15, 0.2) is 5.82 Å². The van der Waals surface area contributed by atoms with E-state index < -0.39 is 11.6 Å². The Morgan fingerprint density at radius 1 is 1.28 bits per heavy atom. The molecule has 2 fully saturated rings. The Morgan fingerprint density at radius 2 is 2.09 bits per heavy atom. The molecule has 0 saturated carbocycles. The third-order valence-electron chi connectivity index (χ3n) is 9.04. The summed E-state index contributed by atoms with van der Waals surface area (Å²) in [6.07, 6.45) is 5.36. The van der Waals surface area contributed by atoms with Crippen molar-refractivity contribution in [2.75, 3.05) is 58.1 Å². The van der Waals surface area contributed by atoms with Crippen molar-refractivity contribution in [3.05, 3.63) is 48.2 Å². The summed E-state index contributed by atoms with van der Waals surface area (Å²) in [4.78, 5) is 32.2. The Hall–Kier alpha value is -4.45. The van der Waals surface area contributed by atoms with E-state index >= 15 is 4.39 Å². The van der Waals surface area contributed by atoms with E-state index in [9.17, 15) is 14.4 Å². The lowest BCUT2D eigenvalue weighted by Gasteiger charge is -2.33. The Balaban J connectivity index is 1.49. The Morgan fingerprint density at radius 3 is 2.78 bits per heavy atom. The molecule has 2 saturated heterocycles. The fourth-order valence-corrected chi connectivity index (χ4v) is 7.56. The number of nitrogen functional groups attached to an aromatic ring is 1. The molecule has 2 aliphatic heterocycles. The summed E-state index contributed by atoms with van der Waals surface area (Å²) in [7, 11) is 5.43. The molecule has 0 unspecified atom stereocenters. The molecule has 0 bridgehead atoms. The first-order chi connectivity index (χ1) is 22.2. The van der Waals surface area contributed by atoms with Gasteiger partial charge in [0, 0.05) is 43.9 Å². The van der Waals surface area contributed by atoms with Crippen LogP contribution in [0, 0.1) is 23.0 Å². The number of nitrogens with zero attached hydrogens (tertiary/aromatic N) is 7. The number of carbonyl (C=O) groups excluding carboxylic acids is 1. The minimum Gasteiger partial charge on any atom is -0.462 e. The van der Waals surface area contributed by atoms with Gasteiger partial charge in [-0.25, -0.2) is 8.78 Å². The number of thiophene rings is 1. The first kappa shape index (κ1) is 31.5. The summed E-state index contributed by atoms with van der Waals surface area (Å²) in [6, 6.07) is 4.22. The van der Waals surface area contributed by atoms with E-state index in [4.69, 9.17) is 20.2 Å². The lowest BCUT2D eigenvalue weighted by Crippen LogP contribution is -2.48. The van der Waals surface area contributed by atoms with Crippen LogP contribution in [0.2, 0.25) is 0 Å². The van der Waals surface area contributed by atoms with Crippen LogP contribution in [0.15, 0.2) is 31.0 Å². The number of likely N-dealkylation sites (N-methyl/N-ethyl adjacent to an activating group) is 2. The minimum atomic E-state index is -0.776. The molecule has 11 nitrogen and oxygen atoms in total. The normalized spacial score (nSPS) is 20.0. The summed E-state index contributed by atoms with van der Waals surface area (Å²) < 4.78 is 43.2. The molecule has 2 aliphatic rings. The topological polar surface area (TPSA) is 134 Å². The van der Waals surface area contributed by atoms with Crippen LogP contribution in [-0.2, 0) is 9.53 Å². The van der Waals surface area contributed by atoms with Crippen molar-refractivity contribution in [1.82, 2.24) is 24.8 Å². The zero-order chi connectivity index (χ0) is 32.7. The monoisotopic (exact) mass is 648 g/mol. The van der Waals surface area contributed by atoms with Crippen molar-refractivity contribution < 1.29 is 23.0 Å². The van der Waals surface area contributed by atoms with E-state index in [1.165, 1.54) is 24.4 Å². The molecule has 4 aromatic rings. The number of hydrogen-bond donors (Lipinski definition) is 1. The number of pyridine rings is 1. The molecule has 2 N–H and O–H groups in total. The summed E-state index contributed by atoms with van der Waals surface area (Å²) in [5.41, 5.74) is 6.16. The van der Waals surface area contributed by atoms with Gasteiger partial charge in [-0.2, -0.15) is 15.2 Å². The molecule has 0 spiro atoms. The zero-order valence-electron chi connectivity index (χ0n) is 25.8. The number of ether oxygens (including phenoxy) is 2. The maximum absolute atomic E-state index is 16.7. The first-order valence-corrected chi connectivity index (χ1v) is 15.7. The van der Waals surface area contributed by atoms with Gasteiger partial charge in [-0.1, -0.05) is 6.58 Å². The number of rotatable bonds is 9. The van der Waals surface area contributed by atoms with Gasteiger partial charge in [0.25, 0.3) is 0 Å². The molecule has 3 atom stereocenters. The number of nitrogens with two attached hydrogens (primary N) is 1. The van der Waals surface area contributed by atoms with Crippen LogP contribution in [0.5, 0.6) is 6.01 Å². The van der Waals surface area contributed by atoms with Crippen LogP contribution >= 0.6 is 11.3 Å². The molecule has 1 aromatic carbocycles. The van der Waals surface area contributed by atoms with Gasteiger partial charge in [0.2, 0.25) is 5.91 Å². The average molecular weight is 649 g/mol. The largest absolute Gasteiger partial charge is 0.462 e. The number of halogens is 2. The fourth-order valence-electron chi connectivity index (χ4n) is 6.61.